The Bertz CT molecular complexity index is 559. The van der Waals surface area contributed by atoms with Crippen LogP contribution in [-0.2, 0) is 0 Å². The number of aromatic nitrogens is 1. The molecule has 1 saturated carbocycles. The van der Waals surface area contributed by atoms with Crippen molar-refractivity contribution in [3.63, 3.8) is 0 Å². The van der Waals surface area contributed by atoms with E-state index in [9.17, 15) is 0 Å². The Hall–Kier alpha value is -1.57. The lowest BCUT2D eigenvalue weighted by Gasteiger charge is -2.35. The van der Waals surface area contributed by atoms with E-state index in [-0.39, 0.29) is 0 Å². The highest BCUT2D eigenvalue weighted by atomic mass is 14.9. The van der Waals surface area contributed by atoms with Crippen LogP contribution in [-0.4, -0.2) is 11.0 Å². The van der Waals surface area contributed by atoms with Gasteiger partial charge in [0.1, 0.15) is 0 Å². The number of nitrogens with one attached hydrogen (secondary N) is 1. The highest BCUT2D eigenvalue weighted by molar-refractivity contribution is 5.93. The molecule has 0 amide bonds. The Morgan fingerprint density at radius 1 is 1.16 bits per heavy atom. The third kappa shape index (κ3) is 2.73. The smallest absolute Gasteiger partial charge is 0.0437 e. The van der Waals surface area contributed by atoms with E-state index in [1.54, 1.807) is 0 Å². The van der Waals surface area contributed by atoms with Gasteiger partial charge < -0.3 is 5.32 Å². The van der Waals surface area contributed by atoms with Crippen LogP contribution in [0.25, 0.3) is 10.8 Å². The van der Waals surface area contributed by atoms with E-state index in [2.05, 4.69) is 48.4 Å². The van der Waals surface area contributed by atoms with Crippen molar-refractivity contribution >= 4 is 16.5 Å². The van der Waals surface area contributed by atoms with Crippen LogP contribution in [0.5, 0.6) is 0 Å². The number of fused-ring (bicyclic) bond motifs is 1. The zero-order valence-corrected chi connectivity index (χ0v) is 11.8. The Balaban J connectivity index is 1.79. The number of nitrogens with zero attached hydrogens (tertiary/aromatic N) is 1. The fraction of sp³-hybridized carbons (Fsp3) is 0.471. The van der Waals surface area contributed by atoms with Gasteiger partial charge in [0.2, 0.25) is 0 Å². The summed E-state index contributed by atoms with van der Waals surface area (Å²) in [5.41, 5.74) is 1.76. The average Bonchev–Trinajstić information content (AvgIpc) is 2.42. The molecule has 2 aromatic rings. The van der Waals surface area contributed by atoms with Gasteiger partial charge in [-0.1, -0.05) is 26.0 Å². The SMILES string of the molecule is CC1(C)CCC(Nc2cccc3ccncc23)CC1. The van der Waals surface area contributed by atoms with Crippen molar-refractivity contribution in [2.75, 3.05) is 5.32 Å². The minimum Gasteiger partial charge on any atom is -0.382 e. The molecule has 0 saturated heterocycles. The van der Waals surface area contributed by atoms with E-state index in [1.165, 1.54) is 42.1 Å². The van der Waals surface area contributed by atoms with Crippen molar-refractivity contribution < 1.29 is 0 Å². The van der Waals surface area contributed by atoms with Gasteiger partial charge in [-0.15, -0.1) is 0 Å². The summed E-state index contributed by atoms with van der Waals surface area (Å²) >= 11 is 0. The molecule has 1 aliphatic rings. The number of hydrogen-bond acceptors (Lipinski definition) is 2. The first kappa shape index (κ1) is 12.5. The molecular weight excluding hydrogens is 232 g/mol. The minimum atomic E-state index is 0.526. The second-order valence-corrected chi connectivity index (χ2v) is 6.49. The highest BCUT2D eigenvalue weighted by Gasteiger charge is 2.26. The fourth-order valence-corrected chi connectivity index (χ4v) is 3.00. The van der Waals surface area contributed by atoms with E-state index in [0.717, 1.165) is 0 Å². The maximum Gasteiger partial charge on any atom is 0.0437 e. The number of hydrogen-bond donors (Lipinski definition) is 1. The van der Waals surface area contributed by atoms with Crippen molar-refractivity contribution in [1.29, 1.82) is 0 Å². The summed E-state index contributed by atoms with van der Waals surface area (Å²) in [5, 5.41) is 6.21. The second-order valence-electron chi connectivity index (χ2n) is 6.49. The van der Waals surface area contributed by atoms with Crippen LogP contribution in [0.1, 0.15) is 39.5 Å². The van der Waals surface area contributed by atoms with Crippen LogP contribution in [0.4, 0.5) is 5.69 Å². The minimum absolute atomic E-state index is 0.526. The number of rotatable bonds is 2. The molecule has 1 aromatic heterocycles. The molecule has 0 radical (unpaired) electrons. The molecule has 100 valence electrons. The summed E-state index contributed by atoms with van der Waals surface area (Å²) in [6, 6.07) is 9.12. The van der Waals surface area contributed by atoms with Crippen LogP contribution in [0.15, 0.2) is 36.7 Å². The van der Waals surface area contributed by atoms with Crippen molar-refractivity contribution in [3.05, 3.63) is 36.7 Å². The predicted molar refractivity (Wildman–Crippen MR) is 81.4 cm³/mol. The summed E-state index contributed by atoms with van der Waals surface area (Å²) in [6.07, 6.45) is 8.98. The van der Waals surface area contributed by atoms with Gasteiger partial charge in [0.25, 0.3) is 0 Å². The lowest BCUT2D eigenvalue weighted by molar-refractivity contribution is 0.232. The Kier molecular flexibility index (Phi) is 3.17. The Morgan fingerprint density at radius 2 is 1.95 bits per heavy atom. The van der Waals surface area contributed by atoms with Gasteiger partial charge in [0, 0.05) is 29.5 Å². The Labute approximate surface area is 115 Å². The van der Waals surface area contributed by atoms with Crippen LogP contribution in [0, 0.1) is 5.41 Å². The molecule has 2 nitrogen and oxygen atoms in total. The summed E-state index contributed by atoms with van der Waals surface area (Å²) in [5.74, 6) is 0. The molecule has 1 aromatic carbocycles. The van der Waals surface area contributed by atoms with Gasteiger partial charge in [-0.2, -0.15) is 0 Å². The zero-order chi connectivity index (χ0) is 13.3. The molecule has 1 N–H and O–H groups in total. The number of anilines is 1. The van der Waals surface area contributed by atoms with Crippen molar-refractivity contribution in [3.8, 4) is 0 Å². The predicted octanol–water partition coefficient (Wildman–Crippen LogP) is 4.62. The first-order valence-corrected chi connectivity index (χ1v) is 7.23. The average molecular weight is 254 g/mol. The van der Waals surface area contributed by atoms with E-state index in [0.29, 0.717) is 11.5 Å². The van der Waals surface area contributed by atoms with Gasteiger partial charge in [-0.05, 0) is 48.6 Å². The topological polar surface area (TPSA) is 24.9 Å². The summed E-state index contributed by atoms with van der Waals surface area (Å²) in [4.78, 5) is 4.25. The quantitative estimate of drug-likeness (QED) is 0.846. The molecule has 19 heavy (non-hydrogen) atoms. The summed E-state index contributed by atoms with van der Waals surface area (Å²) < 4.78 is 0. The van der Waals surface area contributed by atoms with Crippen molar-refractivity contribution in [1.82, 2.24) is 4.98 Å². The molecule has 0 spiro atoms. The number of benzene rings is 1. The monoisotopic (exact) mass is 254 g/mol. The standard InChI is InChI=1S/C17H22N2/c1-17(2)9-6-14(7-10-17)19-16-5-3-4-13-8-11-18-12-15(13)16/h3-5,8,11-12,14,19H,6-7,9-10H2,1-2H3. The van der Waals surface area contributed by atoms with Crippen LogP contribution in [0.2, 0.25) is 0 Å². The molecule has 0 bridgehead atoms. The molecule has 1 heterocycles. The third-order valence-corrected chi connectivity index (χ3v) is 4.38. The Morgan fingerprint density at radius 3 is 2.74 bits per heavy atom. The number of pyridine rings is 1. The van der Waals surface area contributed by atoms with E-state index >= 15 is 0 Å². The summed E-state index contributed by atoms with van der Waals surface area (Å²) in [7, 11) is 0. The summed E-state index contributed by atoms with van der Waals surface area (Å²) in [6.45, 7) is 4.76. The third-order valence-electron chi connectivity index (χ3n) is 4.38. The lowest BCUT2D eigenvalue weighted by Crippen LogP contribution is -2.29. The van der Waals surface area contributed by atoms with E-state index in [1.807, 2.05) is 12.4 Å². The van der Waals surface area contributed by atoms with Gasteiger partial charge >= 0.3 is 0 Å². The maximum absolute atomic E-state index is 4.25. The van der Waals surface area contributed by atoms with Gasteiger partial charge in [0.05, 0.1) is 0 Å². The van der Waals surface area contributed by atoms with Crippen molar-refractivity contribution in [2.45, 2.75) is 45.6 Å². The normalized spacial score (nSPS) is 19.5. The molecule has 1 aliphatic carbocycles. The fourth-order valence-electron chi connectivity index (χ4n) is 3.00. The van der Waals surface area contributed by atoms with E-state index in [4.69, 9.17) is 0 Å². The molecule has 3 rings (SSSR count). The van der Waals surface area contributed by atoms with Crippen molar-refractivity contribution in [2.24, 2.45) is 5.41 Å². The molecular formula is C17H22N2. The van der Waals surface area contributed by atoms with Crippen LogP contribution in [0.3, 0.4) is 0 Å². The second kappa shape index (κ2) is 4.84. The molecule has 0 aliphatic heterocycles. The van der Waals surface area contributed by atoms with Gasteiger partial charge in [-0.25, -0.2) is 0 Å². The largest absolute Gasteiger partial charge is 0.382 e. The molecule has 2 heteroatoms. The maximum atomic E-state index is 4.25. The van der Waals surface area contributed by atoms with Gasteiger partial charge in [0.15, 0.2) is 0 Å². The molecule has 1 fully saturated rings. The van der Waals surface area contributed by atoms with Crippen LogP contribution < -0.4 is 5.32 Å². The van der Waals surface area contributed by atoms with E-state index < -0.39 is 0 Å². The molecule has 0 atom stereocenters. The van der Waals surface area contributed by atoms with Crippen LogP contribution >= 0.6 is 0 Å². The lowest BCUT2D eigenvalue weighted by atomic mass is 9.75. The zero-order valence-electron chi connectivity index (χ0n) is 11.8. The molecule has 0 unspecified atom stereocenters. The first-order chi connectivity index (χ1) is 9.14. The van der Waals surface area contributed by atoms with Gasteiger partial charge in [-0.3, -0.25) is 4.98 Å². The first-order valence-electron chi connectivity index (χ1n) is 7.23. The highest BCUT2D eigenvalue weighted by Crippen LogP contribution is 2.36.